The molecule has 0 aliphatic rings. The number of aliphatic hydroxyl groups is 2. The van der Waals surface area contributed by atoms with Crippen molar-refractivity contribution in [1.82, 2.24) is 26.6 Å². The van der Waals surface area contributed by atoms with Gasteiger partial charge in [0, 0.05) is 6.42 Å². The predicted molar refractivity (Wildman–Crippen MR) is 286 cm³/mol. The molecule has 2 radical (unpaired) electrons. The first-order chi connectivity index (χ1) is 36.1. The molecule has 0 saturated heterocycles. The van der Waals surface area contributed by atoms with Crippen molar-refractivity contribution in [3.05, 3.63) is 168 Å². The van der Waals surface area contributed by atoms with Gasteiger partial charge in [0.15, 0.2) is 18.0 Å². The molecule has 0 saturated carbocycles. The van der Waals surface area contributed by atoms with Crippen LogP contribution in [0.2, 0.25) is 0 Å². The summed E-state index contributed by atoms with van der Waals surface area (Å²) in [5.74, 6) is -4.85. The third-order valence-electron chi connectivity index (χ3n) is 11.9. The highest BCUT2D eigenvalue weighted by molar-refractivity contribution is 6.57. The number of rotatable bonds is 25. The average molecular weight is 1020 g/mol. The number of nitrogens with two attached hydrogens (primary N) is 1. The number of carbonyl (C=O) groups excluding carboxylic acids is 7. The summed E-state index contributed by atoms with van der Waals surface area (Å²) >= 11 is 0. The molecular formula is C57H65BN6O11. The Labute approximate surface area is 437 Å². The van der Waals surface area contributed by atoms with Gasteiger partial charge in [-0.25, -0.2) is 0 Å². The SMILES string of the molecule is CCCC(NC(=O)[C@@H](N)Cc1ccc2ccccc2c1)C(O)C(=O)NCC(=O)OCc1ccccc1.[B]C(=O)N[C@@H](Cc1ccc2ccccc2c1)C(=O)NC(CCC)C(O)C(=O)NCC(=O)OCc1ccccc1. The molecule has 4 unspecified atom stereocenters. The summed E-state index contributed by atoms with van der Waals surface area (Å²) in [5.41, 5.74) is 9.46. The fourth-order valence-corrected chi connectivity index (χ4v) is 7.98. The molecule has 392 valence electrons. The van der Waals surface area contributed by atoms with Crippen molar-refractivity contribution in [1.29, 1.82) is 0 Å². The number of aliphatic hydroxyl groups excluding tert-OH is 2. The largest absolute Gasteiger partial charge is 0.460 e. The maximum atomic E-state index is 13.1. The number of ether oxygens (including phenoxy) is 2. The number of benzene rings is 6. The first-order valence-corrected chi connectivity index (χ1v) is 24.8. The molecule has 18 heteroatoms. The van der Waals surface area contributed by atoms with E-state index in [1.54, 1.807) is 12.1 Å². The summed E-state index contributed by atoms with van der Waals surface area (Å²) < 4.78 is 10.2. The second kappa shape index (κ2) is 30.3. The van der Waals surface area contributed by atoms with E-state index in [1.807, 2.05) is 147 Å². The molecule has 0 aromatic heterocycles. The normalized spacial score (nSPS) is 13.2. The number of esters is 2. The van der Waals surface area contributed by atoms with Gasteiger partial charge in [-0.3, -0.25) is 33.6 Å². The van der Waals surface area contributed by atoms with Crippen LogP contribution in [0.3, 0.4) is 0 Å². The van der Waals surface area contributed by atoms with Crippen molar-refractivity contribution in [2.75, 3.05) is 13.1 Å². The number of amides is 5. The van der Waals surface area contributed by atoms with Gasteiger partial charge < -0.3 is 52.0 Å². The number of hydrogen-bond donors (Lipinski definition) is 8. The number of hydrogen-bond acceptors (Lipinski definition) is 12. The predicted octanol–water partition coefficient (Wildman–Crippen LogP) is 4.35. The van der Waals surface area contributed by atoms with E-state index in [9.17, 15) is 43.8 Å². The number of nitrogens with one attached hydrogen (secondary N) is 5. The van der Waals surface area contributed by atoms with Crippen LogP contribution in [0, 0.1) is 0 Å². The van der Waals surface area contributed by atoms with Crippen LogP contribution in [-0.2, 0) is 64.3 Å². The fourth-order valence-electron chi connectivity index (χ4n) is 7.98. The quantitative estimate of drug-likeness (QED) is 0.0294. The zero-order valence-corrected chi connectivity index (χ0v) is 42.1. The van der Waals surface area contributed by atoms with Crippen LogP contribution in [-0.4, -0.2) is 109 Å². The molecule has 0 fully saturated rings. The molecule has 0 heterocycles. The van der Waals surface area contributed by atoms with Crippen LogP contribution in [0.4, 0.5) is 4.79 Å². The molecule has 6 aromatic rings. The Hall–Kier alpha value is -7.93. The van der Waals surface area contributed by atoms with E-state index in [1.165, 1.54) is 0 Å². The maximum absolute atomic E-state index is 13.1. The van der Waals surface area contributed by atoms with E-state index in [2.05, 4.69) is 26.6 Å². The van der Waals surface area contributed by atoms with Crippen LogP contribution in [0.25, 0.3) is 21.5 Å². The van der Waals surface area contributed by atoms with Gasteiger partial charge in [-0.1, -0.05) is 172 Å². The third-order valence-corrected chi connectivity index (χ3v) is 11.9. The van der Waals surface area contributed by atoms with E-state index in [0.717, 1.165) is 43.8 Å². The Bertz CT molecular complexity index is 2840. The zero-order chi connectivity index (χ0) is 54.1. The monoisotopic (exact) mass is 1020 g/mol. The van der Waals surface area contributed by atoms with Crippen molar-refractivity contribution in [2.45, 2.75) is 102 Å². The molecule has 9 N–H and O–H groups in total. The highest BCUT2D eigenvalue weighted by atomic mass is 16.5. The van der Waals surface area contributed by atoms with Crippen molar-refractivity contribution in [2.24, 2.45) is 5.73 Å². The fraction of sp³-hybridized carbons (Fsp3) is 0.316. The third kappa shape index (κ3) is 19.5. The highest BCUT2D eigenvalue weighted by Crippen LogP contribution is 2.19. The summed E-state index contributed by atoms with van der Waals surface area (Å²) in [6.45, 7) is 3.01. The summed E-state index contributed by atoms with van der Waals surface area (Å²) in [6.07, 6.45) is -0.908. The Morgan fingerprint density at radius 1 is 0.493 bits per heavy atom. The van der Waals surface area contributed by atoms with Crippen molar-refractivity contribution in [3.63, 3.8) is 0 Å². The Balaban J connectivity index is 0.000000278. The van der Waals surface area contributed by atoms with Gasteiger partial charge >= 0.3 is 11.9 Å². The summed E-state index contributed by atoms with van der Waals surface area (Å²) in [4.78, 5) is 86.5. The lowest BCUT2D eigenvalue weighted by molar-refractivity contribution is -0.146. The van der Waals surface area contributed by atoms with Gasteiger partial charge in [-0.15, -0.1) is 0 Å². The lowest BCUT2D eigenvalue weighted by Crippen LogP contribution is -2.56. The van der Waals surface area contributed by atoms with Gasteiger partial charge in [0.05, 0.1) is 18.1 Å². The first kappa shape index (κ1) is 58.0. The van der Waals surface area contributed by atoms with E-state index in [0.29, 0.717) is 25.7 Å². The van der Waals surface area contributed by atoms with Crippen molar-refractivity contribution >= 4 is 70.8 Å². The summed E-state index contributed by atoms with van der Waals surface area (Å²) in [6, 6.07) is 41.8. The van der Waals surface area contributed by atoms with Gasteiger partial charge in [0.25, 0.3) is 11.8 Å². The molecule has 6 rings (SSSR count). The Kier molecular flexibility index (Phi) is 23.4. The van der Waals surface area contributed by atoms with E-state index >= 15 is 0 Å². The van der Waals surface area contributed by atoms with E-state index in [-0.39, 0.29) is 26.1 Å². The van der Waals surface area contributed by atoms with Crippen LogP contribution in [0.15, 0.2) is 146 Å². The maximum Gasteiger partial charge on any atom is 0.325 e. The molecule has 75 heavy (non-hydrogen) atoms. The Morgan fingerprint density at radius 3 is 1.32 bits per heavy atom. The number of fused-ring (bicyclic) bond motifs is 2. The smallest absolute Gasteiger partial charge is 0.325 e. The van der Waals surface area contributed by atoms with Gasteiger partial charge in [-0.05, 0) is 63.1 Å². The van der Waals surface area contributed by atoms with Crippen LogP contribution < -0.4 is 32.3 Å². The average Bonchev–Trinajstić information content (AvgIpc) is 3.42. The van der Waals surface area contributed by atoms with Crippen molar-refractivity contribution in [3.8, 4) is 0 Å². The second-order valence-electron chi connectivity index (χ2n) is 17.9. The minimum atomic E-state index is -1.63. The first-order valence-electron chi connectivity index (χ1n) is 24.8. The molecule has 6 atom stereocenters. The molecule has 0 aliphatic carbocycles. The highest BCUT2D eigenvalue weighted by Gasteiger charge is 2.31. The second-order valence-corrected chi connectivity index (χ2v) is 17.9. The van der Waals surface area contributed by atoms with E-state index < -0.39 is 90.8 Å². The minimum Gasteiger partial charge on any atom is -0.460 e. The zero-order valence-electron chi connectivity index (χ0n) is 42.1. The van der Waals surface area contributed by atoms with Gasteiger partial charge in [0.2, 0.25) is 19.7 Å². The van der Waals surface area contributed by atoms with Crippen LogP contribution in [0.5, 0.6) is 0 Å². The topological polar surface area (TPSA) is 265 Å². The lowest BCUT2D eigenvalue weighted by Gasteiger charge is -2.26. The van der Waals surface area contributed by atoms with Gasteiger partial charge in [-0.2, -0.15) is 0 Å². The molecule has 0 spiro atoms. The number of carbonyl (C=O) groups is 7. The summed E-state index contributed by atoms with van der Waals surface area (Å²) in [5, 5.41) is 37.9. The van der Waals surface area contributed by atoms with Crippen molar-refractivity contribution < 1.29 is 53.2 Å². The lowest BCUT2D eigenvalue weighted by atomic mass is 9.98. The Morgan fingerprint density at radius 2 is 0.893 bits per heavy atom. The molecule has 0 aliphatic heterocycles. The van der Waals surface area contributed by atoms with E-state index in [4.69, 9.17) is 23.1 Å². The molecule has 6 aromatic carbocycles. The van der Waals surface area contributed by atoms with Crippen LogP contribution in [0.1, 0.15) is 61.8 Å². The molecular weight excluding hydrogens is 955 g/mol. The molecule has 17 nitrogen and oxygen atoms in total. The van der Waals surface area contributed by atoms with Gasteiger partial charge in [0.1, 0.15) is 32.3 Å². The standard InChI is InChI=1S/C29H32BN3O6.C28H33N3O5/c1-2-8-23(26(35)28(37)31-17-25(34)39-18-19-9-4-3-5-10-19)32-27(36)24(33-29(30)38)16-20-13-14-21-11-6-7-12-22(21)15-20;1-2-8-24(26(33)28(35)30-17-25(32)36-18-19-9-4-3-5-10-19)31-27(34)23(29)16-20-13-14-21-11-6-7-12-22(21)15-20/h3-7,9-15,23-24,26,35H,2,8,16-18H2,1H3,(H,31,37)(H,32,36)(H,33,38);3-7,9-15,23-24,26,33H,2,8,16-18,29H2,1H3,(H,30,35)(H,31,34)/t23?,24-,26?;23-,24?,26?/m00/s1. The van der Waals surface area contributed by atoms with Crippen LogP contribution >= 0.6 is 0 Å². The summed E-state index contributed by atoms with van der Waals surface area (Å²) in [7, 11) is 5.32. The molecule has 0 bridgehead atoms. The molecule has 5 amide bonds. The minimum absolute atomic E-state index is 0.0536.